The molecule has 0 spiro atoms. The third-order valence-electron chi connectivity index (χ3n) is 6.36. The van der Waals surface area contributed by atoms with Gasteiger partial charge in [0.15, 0.2) is 0 Å². The molecule has 160 valence electrons. The van der Waals surface area contributed by atoms with Crippen LogP contribution in [0.15, 0.2) is 53.4 Å². The van der Waals surface area contributed by atoms with E-state index in [1.54, 1.807) is 19.1 Å². The van der Waals surface area contributed by atoms with Gasteiger partial charge in [0.1, 0.15) is 0 Å². The van der Waals surface area contributed by atoms with E-state index < -0.39 is 10.0 Å². The topological polar surface area (TPSA) is 69.7 Å². The molecule has 2 aliphatic rings. The van der Waals surface area contributed by atoms with Crippen molar-refractivity contribution in [2.75, 3.05) is 26.7 Å². The number of carbonyl (C=O) groups excluding carboxylic acids is 1. The molecule has 1 N–H and O–H groups in total. The highest BCUT2D eigenvalue weighted by atomic mass is 32.2. The summed E-state index contributed by atoms with van der Waals surface area (Å²) in [4.78, 5) is 17.7. The Morgan fingerprint density at radius 1 is 1.10 bits per heavy atom. The first kappa shape index (κ1) is 21.0. The van der Waals surface area contributed by atoms with Gasteiger partial charge in [0.2, 0.25) is 10.0 Å². The van der Waals surface area contributed by atoms with Gasteiger partial charge in [-0.15, -0.1) is 0 Å². The summed E-state index contributed by atoms with van der Waals surface area (Å²) in [7, 11) is -1.64. The Hall–Kier alpha value is -2.22. The zero-order valence-electron chi connectivity index (χ0n) is 17.5. The van der Waals surface area contributed by atoms with Gasteiger partial charge in [-0.05, 0) is 62.5 Å². The molecule has 7 heteroatoms. The number of hydrogen-bond acceptors (Lipinski definition) is 4. The zero-order chi connectivity index (χ0) is 21.3. The fourth-order valence-electron chi connectivity index (χ4n) is 4.59. The summed E-state index contributed by atoms with van der Waals surface area (Å²) in [5.74, 6) is 0.476. The van der Waals surface area contributed by atoms with E-state index in [-0.39, 0.29) is 23.4 Å². The Morgan fingerprint density at radius 2 is 1.83 bits per heavy atom. The van der Waals surface area contributed by atoms with Gasteiger partial charge in [-0.2, -0.15) is 0 Å². The lowest BCUT2D eigenvalue weighted by molar-refractivity contribution is 0.0631. The highest BCUT2D eigenvalue weighted by Gasteiger charge is 2.40. The van der Waals surface area contributed by atoms with Crippen molar-refractivity contribution in [1.82, 2.24) is 14.5 Å². The molecule has 0 aliphatic carbocycles. The lowest BCUT2D eigenvalue weighted by Crippen LogP contribution is -2.48. The van der Waals surface area contributed by atoms with Crippen LogP contribution in [0.3, 0.4) is 0 Å². The summed E-state index contributed by atoms with van der Waals surface area (Å²) in [6, 6.07) is 14.6. The normalized spacial score (nSPS) is 22.1. The minimum absolute atomic E-state index is 0.0719. The minimum atomic E-state index is -3.73. The molecule has 0 unspecified atom stereocenters. The lowest BCUT2D eigenvalue weighted by Gasteiger charge is -2.36. The second-order valence-electron chi connectivity index (χ2n) is 8.46. The number of likely N-dealkylation sites (N-methyl/N-ethyl adjacent to an activating group) is 1. The molecule has 0 saturated carbocycles. The van der Waals surface area contributed by atoms with E-state index in [0.29, 0.717) is 17.0 Å². The van der Waals surface area contributed by atoms with Crippen LogP contribution in [0.25, 0.3) is 0 Å². The van der Waals surface area contributed by atoms with Crippen molar-refractivity contribution in [3.63, 3.8) is 0 Å². The van der Waals surface area contributed by atoms with Gasteiger partial charge < -0.3 is 9.80 Å². The number of fused-ring (bicyclic) bond motifs is 1. The Balaban J connectivity index is 1.54. The van der Waals surface area contributed by atoms with Crippen molar-refractivity contribution in [2.24, 2.45) is 5.92 Å². The van der Waals surface area contributed by atoms with Crippen LogP contribution in [0.4, 0.5) is 0 Å². The molecule has 4 rings (SSSR count). The maximum absolute atomic E-state index is 13.3. The molecule has 1 amide bonds. The van der Waals surface area contributed by atoms with E-state index in [0.717, 1.165) is 38.0 Å². The summed E-state index contributed by atoms with van der Waals surface area (Å²) < 4.78 is 28.6. The molecule has 2 fully saturated rings. The number of carbonyl (C=O) groups is 1. The van der Waals surface area contributed by atoms with E-state index in [2.05, 4.69) is 16.7 Å². The Bertz CT molecular complexity index is 1020. The molecule has 2 saturated heterocycles. The van der Waals surface area contributed by atoms with Gasteiger partial charge in [0.05, 0.1) is 4.90 Å². The van der Waals surface area contributed by atoms with Gasteiger partial charge in [-0.3, -0.25) is 4.79 Å². The molecule has 30 heavy (non-hydrogen) atoms. The highest BCUT2D eigenvalue weighted by molar-refractivity contribution is 7.89. The van der Waals surface area contributed by atoms with E-state index in [9.17, 15) is 13.2 Å². The van der Waals surface area contributed by atoms with Crippen LogP contribution in [0.5, 0.6) is 0 Å². The van der Waals surface area contributed by atoms with Gasteiger partial charge >= 0.3 is 0 Å². The van der Waals surface area contributed by atoms with Gasteiger partial charge in [-0.1, -0.05) is 36.4 Å². The average Bonchev–Trinajstić information content (AvgIpc) is 3.16. The predicted octanol–water partition coefficient (Wildman–Crippen LogP) is 2.64. The van der Waals surface area contributed by atoms with Crippen LogP contribution in [-0.4, -0.2) is 56.8 Å². The molecule has 2 aromatic carbocycles. The standard InChI is InChI=1S/C23H29N3O3S/c1-17-8-9-20(23(27)26-13-11-19-10-12-25(2)16-21(19)26)14-22(17)30(28,29)24-15-18-6-4-3-5-7-18/h3-9,14,19,21,24H,10-13,15-16H2,1-2H3/t19-,21-/m1/s1. The van der Waals surface area contributed by atoms with Crippen LogP contribution < -0.4 is 4.72 Å². The second kappa shape index (κ2) is 8.49. The molecule has 6 nitrogen and oxygen atoms in total. The van der Waals surface area contributed by atoms with Crippen molar-refractivity contribution in [3.05, 3.63) is 65.2 Å². The molecule has 0 radical (unpaired) electrons. The quantitative estimate of drug-likeness (QED) is 0.797. The summed E-state index contributed by atoms with van der Waals surface area (Å²) in [5, 5.41) is 0. The van der Waals surface area contributed by atoms with Gasteiger partial charge in [-0.25, -0.2) is 13.1 Å². The van der Waals surface area contributed by atoms with Gasteiger partial charge in [0, 0.05) is 31.2 Å². The lowest BCUT2D eigenvalue weighted by atomic mass is 9.92. The predicted molar refractivity (Wildman–Crippen MR) is 117 cm³/mol. The summed E-state index contributed by atoms with van der Waals surface area (Å²) in [5.41, 5.74) is 1.95. The largest absolute Gasteiger partial charge is 0.334 e. The fourth-order valence-corrected chi connectivity index (χ4v) is 5.88. The smallest absolute Gasteiger partial charge is 0.254 e. The van der Waals surface area contributed by atoms with Crippen LogP contribution in [0.2, 0.25) is 0 Å². The number of nitrogens with zero attached hydrogens (tertiary/aromatic N) is 2. The van der Waals surface area contributed by atoms with Crippen molar-refractivity contribution in [1.29, 1.82) is 0 Å². The molecule has 0 bridgehead atoms. The molecule has 2 aliphatic heterocycles. The summed E-state index contributed by atoms with van der Waals surface area (Å²) >= 11 is 0. The first-order valence-corrected chi connectivity index (χ1v) is 12.0. The Labute approximate surface area is 178 Å². The Morgan fingerprint density at radius 3 is 2.60 bits per heavy atom. The SMILES string of the molecule is Cc1ccc(C(=O)N2CC[C@H]3CCN(C)C[C@H]32)cc1S(=O)(=O)NCc1ccccc1. The highest BCUT2D eigenvalue weighted by Crippen LogP contribution is 2.32. The number of piperidine rings is 1. The number of rotatable bonds is 5. The molecule has 0 aromatic heterocycles. The van der Waals surface area contributed by atoms with E-state index in [4.69, 9.17) is 0 Å². The van der Waals surface area contributed by atoms with E-state index >= 15 is 0 Å². The molecular weight excluding hydrogens is 398 g/mol. The summed E-state index contributed by atoms with van der Waals surface area (Å²) in [6.45, 7) is 4.66. The number of aryl methyl sites for hydroxylation is 1. The maximum atomic E-state index is 13.3. The van der Waals surface area contributed by atoms with Crippen LogP contribution in [0.1, 0.15) is 34.3 Å². The van der Waals surface area contributed by atoms with E-state index in [1.165, 1.54) is 6.07 Å². The van der Waals surface area contributed by atoms with Gasteiger partial charge in [0.25, 0.3) is 5.91 Å². The van der Waals surface area contributed by atoms with Crippen LogP contribution >= 0.6 is 0 Å². The number of benzene rings is 2. The third kappa shape index (κ3) is 4.29. The van der Waals surface area contributed by atoms with Crippen molar-refractivity contribution < 1.29 is 13.2 Å². The number of amides is 1. The minimum Gasteiger partial charge on any atom is -0.334 e. The van der Waals surface area contributed by atoms with Crippen LogP contribution in [0, 0.1) is 12.8 Å². The first-order chi connectivity index (χ1) is 14.3. The Kier molecular flexibility index (Phi) is 5.95. The molecule has 2 aromatic rings. The van der Waals surface area contributed by atoms with E-state index in [1.807, 2.05) is 35.2 Å². The average molecular weight is 428 g/mol. The number of likely N-dealkylation sites (tertiary alicyclic amines) is 2. The first-order valence-electron chi connectivity index (χ1n) is 10.5. The monoisotopic (exact) mass is 427 g/mol. The molecule has 2 heterocycles. The molecule has 2 atom stereocenters. The molecular formula is C23H29N3O3S. The maximum Gasteiger partial charge on any atom is 0.254 e. The number of hydrogen-bond donors (Lipinski definition) is 1. The number of nitrogens with one attached hydrogen (secondary N) is 1. The van der Waals surface area contributed by atoms with Crippen LogP contribution in [-0.2, 0) is 16.6 Å². The fraction of sp³-hybridized carbons (Fsp3) is 0.435. The zero-order valence-corrected chi connectivity index (χ0v) is 18.4. The number of sulfonamides is 1. The van der Waals surface area contributed by atoms with Crippen molar-refractivity contribution >= 4 is 15.9 Å². The second-order valence-corrected chi connectivity index (χ2v) is 10.2. The third-order valence-corrected chi connectivity index (χ3v) is 7.90. The van der Waals surface area contributed by atoms with Crippen molar-refractivity contribution in [2.45, 2.75) is 37.2 Å². The summed E-state index contributed by atoms with van der Waals surface area (Å²) in [6.07, 6.45) is 2.14. The van der Waals surface area contributed by atoms with Crippen molar-refractivity contribution in [3.8, 4) is 0 Å².